The number of aryl methyl sites for hydroxylation is 1. The van der Waals surface area contributed by atoms with Crippen LogP contribution in [0.1, 0.15) is 31.7 Å². The molecule has 0 aliphatic heterocycles. The summed E-state index contributed by atoms with van der Waals surface area (Å²) in [6.07, 6.45) is 3.48. The molecule has 2 N–H and O–H groups in total. The molecule has 1 aromatic rings. The van der Waals surface area contributed by atoms with E-state index >= 15 is 0 Å². The zero-order valence-corrected chi connectivity index (χ0v) is 12.0. The molecule has 0 radical (unpaired) electrons. The lowest BCUT2D eigenvalue weighted by molar-refractivity contribution is -0.157. The van der Waals surface area contributed by atoms with Gasteiger partial charge in [-0.25, -0.2) is 10.7 Å². The van der Waals surface area contributed by atoms with E-state index in [0.29, 0.717) is 24.9 Å². The maximum absolute atomic E-state index is 11.6. The monoisotopic (exact) mass is 277 g/mol. The summed E-state index contributed by atoms with van der Waals surface area (Å²) in [7, 11) is 0. The fraction of sp³-hybridized carbons (Fsp3) is 0.562. The first-order valence-electron chi connectivity index (χ1n) is 7.30. The molecule has 0 unspecified atom stereocenters. The lowest BCUT2D eigenvalue weighted by Gasteiger charge is -2.12. The number of hydrogen-bond donors (Lipinski definition) is 1. The topological polar surface area (TPSA) is 61.5 Å². The minimum Gasteiger partial charge on any atom is -0.464 e. The summed E-state index contributed by atoms with van der Waals surface area (Å²) in [5.41, 5.74) is 1.37. The van der Waals surface area contributed by atoms with E-state index in [-0.39, 0.29) is 5.97 Å². The molecule has 1 saturated carbocycles. The van der Waals surface area contributed by atoms with Crippen LogP contribution < -0.4 is 5.90 Å². The van der Waals surface area contributed by atoms with Gasteiger partial charge in [0.2, 0.25) is 0 Å². The molecular formula is C16H23NO3. The predicted octanol–water partition coefficient (Wildman–Crippen LogP) is 2.47. The molecule has 3 atom stereocenters. The van der Waals surface area contributed by atoms with E-state index in [4.69, 9.17) is 15.5 Å². The van der Waals surface area contributed by atoms with Gasteiger partial charge in [0.1, 0.15) is 0 Å². The van der Waals surface area contributed by atoms with Gasteiger partial charge in [0.15, 0.2) is 6.10 Å². The molecule has 1 aliphatic carbocycles. The Morgan fingerprint density at radius 3 is 2.75 bits per heavy atom. The SMILES string of the molecule is CCOC(=O)[C@@H](C[C@H]1C[C@@H]1CCc1ccccc1)ON. The zero-order valence-electron chi connectivity index (χ0n) is 12.0. The van der Waals surface area contributed by atoms with Gasteiger partial charge in [0.05, 0.1) is 6.61 Å². The quantitative estimate of drug-likeness (QED) is 0.585. The van der Waals surface area contributed by atoms with Crippen molar-refractivity contribution in [2.45, 2.75) is 38.7 Å². The fourth-order valence-electron chi connectivity index (χ4n) is 2.67. The summed E-state index contributed by atoms with van der Waals surface area (Å²) < 4.78 is 4.94. The Morgan fingerprint density at radius 2 is 2.10 bits per heavy atom. The molecule has 110 valence electrons. The number of hydrogen-bond acceptors (Lipinski definition) is 4. The smallest absolute Gasteiger partial charge is 0.337 e. The molecule has 1 fully saturated rings. The fourth-order valence-corrected chi connectivity index (χ4v) is 2.67. The second-order valence-corrected chi connectivity index (χ2v) is 5.39. The lowest BCUT2D eigenvalue weighted by Crippen LogP contribution is -2.30. The molecule has 0 aromatic heterocycles. The molecule has 0 saturated heterocycles. The number of ether oxygens (including phenoxy) is 1. The Bertz CT molecular complexity index is 421. The first-order valence-corrected chi connectivity index (χ1v) is 7.30. The third-order valence-electron chi connectivity index (χ3n) is 3.95. The highest BCUT2D eigenvalue weighted by Gasteiger charge is 2.40. The van der Waals surface area contributed by atoms with Gasteiger partial charge in [-0.2, -0.15) is 0 Å². The van der Waals surface area contributed by atoms with Gasteiger partial charge in [-0.3, -0.25) is 4.84 Å². The average molecular weight is 277 g/mol. The second-order valence-electron chi connectivity index (χ2n) is 5.39. The lowest BCUT2D eigenvalue weighted by atomic mass is 10.0. The third-order valence-corrected chi connectivity index (χ3v) is 3.95. The Kier molecular flexibility index (Phi) is 5.56. The first-order chi connectivity index (χ1) is 9.74. The molecule has 2 rings (SSSR count). The van der Waals surface area contributed by atoms with Crippen molar-refractivity contribution < 1.29 is 14.4 Å². The van der Waals surface area contributed by atoms with Crippen molar-refractivity contribution in [2.24, 2.45) is 17.7 Å². The summed E-state index contributed by atoms with van der Waals surface area (Å²) in [6.45, 7) is 2.14. The van der Waals surface area contributed by atoms with Gasteiger partial charge >= 0.3 is 5.97 Å². The zero-order chi connectivity index (χ0) is 14.4. The van der Waals surface area contributed by atoms with E-state index in [1.165, 1.54) is 5.56 Å². The van der Waals surface area contributed by atoms with Crippen LogP contribution in [0.15, 0.2) is 30.3 Å². The van der Waals surface area contributed by atoms with Gasteiger partial charge in [-0.1, -0.05) is 30.3 Å². The van der Waals surface area contributed by atoms with Crippen molar-refractivity contribution in [1.82, 2.24) is 0 Å². The Labute approximate surface area is 120 Å². The van der Waals surface area contributed by atoms with Gasteiger partial charge in [-0.15, -0.1) is 0 Å². The highest BCUT2D eigenvalue weighted by Crippen LogP contribution is 2.45. The van der Waals surface area contributed by atoms with Crippen molar-refractivity contribution in [2.75, 3.05) is 6.61 Å². The number of nitrogens with two attached hydrogens (primary N) is 1. The summed E-state index contributed by atoms with van der Waals surface area (Å²) in [5.74, 6) is 6.07. The molecule has 4 heteroatoms. The molecule has 0 spiro atoms. The van der Waals surface area contributed by atoms with E-state index in [2.05, 4.69) is 24.3 Å². The molecular weight excluding hydrogens is 254 g/mol. The number of esters is 1. The second kappa shape index (κ2) is 7.41. The number of benzene rings is 1. The van der Waals surface area contributed by atoms with Crippen LogP contribution in [-0.2, 0) is 20.8 Å². The maximum atomic E-state index is 11.6. The van der Waals surface area contributed by atoms with Crippen LogP contribution in [-0.4, -0.2) is 18.7 Å². The molecule has 0 bridgehead atoms. The van der Waals surface area contributed by atoms with Gasteiger partial charge in [-0.05, 0) is 50.0 Å². The summed E-state index contributed by atoms with van der Waals surface area (Å²) in [5, 5.41) is 0. The summed E-state index contributed by atoms with van der Waals surface area (Å²) in [4.78, 5) is 16.3. The molecule has 1 aromatic carbocycles. The normalized spacial score (nSPS) is 22.3. The van der Waals surface area contributed by atoms with Crippen LogP contribution in [0.5, 0.6) is 0 Å². The van der Waals surface area contributed by atoms with E-state index in [9.17, 15) is 4.79 Å². The third kappa shape index (κ3) is 4.32. The van der Waals surface area contributed by atoms with Crippen molar-refractivity contribution in [3.8, 4) is 0 Å². The number of carbonyl (C=O) groups is 1. The minimum absolute atomic E-state index is 0.344. The van der Waals surface area contributed by atoms with Crippen LogP contribution in [0.25, 0.3) is 0 Å². The van der Waals surface area contributed by atoms with Gasteiger partial charge in [0, 0.05) is 0 Å². The van der Waals surface area contributed by atoms with Crippen molar-refractivity contribution >= 4 is 5.97 Å². The van der Waals surface area contributed by atoms with E-state index in [0.717, 1.165) is 19.3 Å². The summed E-state index contributed by atoms with van der Waals surface area (Å²) in [6, 6.07) is 10.5. The Morgan fingerprint density at radius 1 is 1.35 bits per heavy atom. The average Bonchev–Trinajstić information content (AvgIpc) is 3.22. The van der Waals surface area contributed by atoms with E-state index in [1.54, 1.807) is 6.92 Å². The minimum atomic E-state index is -0.610. The Hall–Kier alpha value is -1.39. The van der Waals surface area contributed by atoms with Crippen LogP contribution in [0, 0.1) is 11.8 Å². The number of rotatable bonds is 8. The van der Waals surface area contributed by atoms with E-state index in [1.807, 2.05) is 6.07 Å². The Balaban J connectivity index is 1.70. The van der Waals surface area contributed by atoms with Crippen molar-refractivity contribution in [3.63, 3.8) is 0 Å². The maximum Gasteiger partial charge on any atom is 0.337 e. The standard InChI is InChI=1S/C16H23NO3/c1-2-19-16(18)15(20-17)11-14-10-13(14)9-8-12-6-4-3-5-7-12/h3-7,13-15H,2,8-11,17H2,1H3/t13-,14+,15+/m0/s1. The van der Waals surface area contributed by atoms with Crippen LogP contribution in [0.3, 0.4) is 0 Å². The molecule has 4 nitrogen and oxygen atoms in total. The first kappa shape index (κ1) is 15.0. The molecule has 20 heavy (non-hydrogen) atoms. The van der Waals surface area contributed by atoms with Crippen LogP contribution >= 0.6 is 0 Å². The van der Waals surface area contributed by atoms with Crippen LogP contribution in [0.2, 0.25) is 0 Å². The van der Waals surface area contributed by atoms with Crippen molar-refractivity contribution in [1.29, 1.82) is 0 Å². The summed E-state index contributed by atoms with van der Waals surface area (Å²) >= 11 is 0. The van der Waals surface area contributed by atoms with Gasteiger partial charge in [0.25, 0.3) is 0 Å². The molecule has 1 aliphatic rings. The highest BCUT2D eigenvalue weighted by molar-refractivity contribution is 5.74. The van der Waals surface area contributed by atoms with E-state index < -0.39 is 6.10 Å². The molecule has 0 heterocycles. The van der Waals surface area contributed by atoms with Gasteiger partial charge < -0.3 is 4.74 Å². The molecule has 0 amide bonds. The van der Waals surface area contributed by atoms with Crippen LogP contribution in [0.4, 0.5) is 0 Å². The highest BCUT2D eigenvalue weighted by atomic mass is 16.6. The predicted molar refractivity (Wildman–Crippen MR) is 76.7 cm³/mol. The number of carbonyl (C=O) groups excluding carboxylic acids is 1. The largest absolute Gasteiger partial charge is 0.464 e. The van der Waals surface area contributed by atoms with Crippen molar-refractivity contribution in [3.05, 3.63) is 35.9 Å².